The van der Waals surface area contributed by atoms with Crippen molar-refractivity contribution in [3.63, 3.8) is 0 Å². The van der Waals surface area contributed by atoms with E-state index in [1.54, 1.807) is 7.05 Å². The molecule has 0 aromatic carbocycles. The van der Waals surface area contributed by atoms with Crippen LogP contribution in [0.25, 0.3) is 0 Å². The van der Waals surface area contributed by atoms with Crippen LogP contribution in [0.3, 0.4) is 0 Å². The van der Waals surface area contributed by atoms with Gasteiger partial charge in [-0.1, -0.05) is 20.8 Å². The lowest BCUT2D eigenvalue weighted by Crippen LogP contribution is -2.40. The largest absolute Gasteiger partial charge is 0.330 e. The molecule has 0 unspecified atom stereocenters. The van der Waals surface area contributed by atoms with Gasteiger partial charge in [0.1, 0.15) is 0 Å². The summed E-state index contributed by atoms with van der Waals surface area (Å²) in [6.45, 7) is 5.81. The molecule has 0 saturated heterocycles. The number of fused-ring (bicyclic) bond motifs is 1. The van der Waals surface area contributed by atoms with Gasteiger partial charge in [0.25, 0.3) is 5.56 Å². The first-order chi connectivity index (χ1) is 7.71. The number of rotatable bonds is 0. The molecule has 1 N–H and O–H groups in total. The summed E-state index contributed by atoms with van der Waals surface area (Å²) in [4.78, 5) is 24.0. The monoisotopic (exact) mass is 235 g/mol. The van der Waals surface area contributed by atoms with Crippen LogP contribution < -0.4 is 11.2 Å². The molecular weight excluding hydrogens is 218 g/mol. The quantitative estimate of drug-likeness (QED) is 0.715. The Morgan fingerprint density at radius 3 is 2.24 bits per heavy atom. The smallest absolute Gasteiger partial charge is 0.303 e. The average Bonchev–Trinajstić information content (AvgIpc) is 2.45. The van der Waals surface area contributed by atoms with E-state index in [4.69, 9.17) is 5.41 Å². The summed E-state index contributed by atoms with van der Waals surface area (Å²) >= 11 is 0. The van der Waals surface area contributed by atoms with Crippen molar-refractivity contribution in [1.82, 2.24) is 9.13 Å². The maximum Gasteiger partial charge on any atom is 0.330 e. The Hall–Kier alpha value is -1.65. The first-order valence-electron chi connectivity index (χ1n) is 5.60. The van der Waals surface area contributed by atoms with Gasteiger partial charge in [-0.25, -0.2) is 4.79 Å². The van der Waals surface area contributed by atoms with Crippen molar-refractivity contribution in [1.29, 1.82) is 5.41 Å². The third-order valence-electron chi connectivity index (χ3n) is 4.10. The van der Waals surface area contributed by atoms with Gasteiger partial charge in [-0.3, -0.25) is 13.9 Å². The highest BCUT2D eigenvalue weighted by Crippen LogP contribution is 2.43. The second kappa shape index (κ2) is 3.18. The van der Waals surface area contributed by atoms with Crippen LogP contribution >= 0.6 is 0 Å². The van der Waals surface area contributed by atoms with Crippen molar-refractivity contribution in [3.05, 3.63) is 32.1 Å². The Balaban J connectivity index is 3.00. The number of nitrogens with one attached hydrogen (secondary N) is 1. The fourth-order valence-electron chi connectivity index (χ4n) is 2.45. The maximum absolute atomic E-state index is 12.1. The highest BCUT2D eigenvalue weighted by Gasteiger charge is 2.44. The van der Waals surface area contributed by atoms with Crippen molar-refractivity contribution in [2.45, 2.75) is 26.7 Å². The van der Waals surface area contributed by atoms with Gasteiger partial charge in [0.2, 0.25) is 0 Å². The summed E-state index contributed by atoms with van der Waals surface area (Å²) in [5.74, 6) is -0.0458. The van der Waals surface area contributed by atoms with Crippen LogP contribution in [0.1, 0.15) is 37.9 Å². The molecule has 5 nitrogen and oxygen atoms in total. The van der Waals surface area contributed by atoms with Crippen molar-refractivity contribution < 1.29 is 0 Å². The summed E-state index contributed by atoms with van der Waals surface area (Å²) in [5, 5.41) is 8.16. The number of aromatic nitrogens is 2. The normalized spacial score (nSPS) is 21.7. The van der Waals surface area contributed by atoms with Gasteiger partial charge < -0.3 is 5.41 Å². The molecule has 0 fully saturated rings. The van der Waals surface area contributed by atoms with E-state index in [1.807, 2.05) is 20.8 Å². The van der Waals surface area contributed by atoms with Gasteiger partial charge in [-0.05, 0) is 5.92 Å². The second-order valence-electron chi connectivity index (χ2n) is 5.29. The Kier molecular flexibility index (Phi) is 2.21. The van der Waals surface area contributed by atoms with Crippen LogP contribution in [-0.4, -0.2) is 14.8 Å². The minimum absolute atomic E-state index is 0.0458. The lowest BCUT2D eigenvalue weighted by atomic mass is 9.80. The van der Waals surface area contributed by atoms with E-state index in [-0.39, 0.29) is 17.2 Å². The zero-order chi connectivity index (χ0) is 13.1. The molecule has 0 amide bonds. The third-order valence-corrected chi connectivity index (χ3v) is 4.10. The van der Waals surface area contributed by atoms with Gasteiger partial charge >= 0.3 is 5.69 Å². The summed E-state index contributed by atoms with van der Waals surface area (Å²) in [7, 11) is 3.09. The van der Waals surface area contributed by atoms with Crippen LogP contribution in [-0.2, 0) is 14.1 Å². The molecule has 0 aliphatic heterocycles. The lowest BCUT2D eigenvalue weighted by molar-refractivity contribution is 0.444. The van der Waals surface area contributed by atoms with E-state index < -0.39 is 5.41 Å². The van der Waals surface area contributed by atoms with Crippen LogP contribution in [0.15, 0.2) is 9.59 Å². The molecule has 2 rings (SSSR count). The van der Waals surface area contributed by atoms with Crippen molar-refractivity contribution in [3.8, 4) is 0 Å². The minimum Gasteiger partial charge on any atom is -0.303 e. The van der Waals surface area contributed by atoms with Crippen molar-refractivity contribution in [2.75, 3.05) is 0 Å². The molecule has 1 aliphatic carbocycles. The molecule has 0 radical (unpaired) electrons. The Morgan fingerprint density at radius 1 is 1.18 bits per heavy atom. The van der Waals surface area contributed by atoms with Crippen LogP contribution in [0, 0.1) is 10.8 Å². The SMILES string of the molecule is C[C@H]1c2c(n(C)c(=O)n(C)c2=O)C(=N)C1(C)C. The summed E-state index contributed by atoms with van der Waals surface area (Å²) in [5.41, 5.74) is 0.409. The van der Waals surface area contributed by atoms with Gasteiger partial charge in [-0.2, -0.15) is 0 Å². The Bertz CT molecular complexity index is 634. The van der Waals surface area contributed by atoms with E-state index >= 15 is 0 Å². The maximum atomic E-state index is 12.1. The standard InChI is InChI=1S/C12H17N3O2/c1-6-7-8(9(13)12(6,2)3)14(4)11(17)15(5)10(7)16/h6,13H,1-5H3/t6-/m0/s1. The summed E-state index contributed by atoms with van der Waals surface area (Å²) < 4.78 is 2.52. The predicted molar refractivity (Wildman–Crippen MR) is 65.9 cm³/mol. The van der Waals surface area contributed by atoms with Crippen LogP contribution in [0.2, 0.25) is 0 Å². The van der Waals surface area contributed by atoms with E-state index in [1.165, 1.54) is 11.6 Å². The molecule has 0 saturated carbocycles. The Labute approximate surface area is 99.2 Å². The molecule has 17 heavy (non-hydrogen) atoms. The van der Waals surface area contributed by atoms with E-state index in [2.05, 4.69) is 0 Å². The second-order valence-corrected chi connectivity index (χ2v) is 5.29. The minimum atomic E-state index is -0.403. The number of hydrogen-bond donors (Lipinski definition) is 1. The molecule has 1 atom stereocenters. The average molecular weight is 235 g/mol. The topological polar surface area (TPSA) is 67.8 Å². The molecule has 1 aliphatic rings. The number of nitrogens with zero attached hydrogens (tertiary/aromatic N) is 2. The first kappa shape index (κ1) is 11.8. The fourth-order valence-corrected chi connectivity index (χ4v) is 2.45. The summed E-state index contributed by atoms with van der Waals surface area (Å²) in [6, 6.07) is 0. The summed E-state index contributed by atoms with van der Waals surface area (Å²) in [6.07, 6.45) is 0. The third kappa shape index (κ3) is 1.22. The highest BCUT2D eigenvalue weighted by molar-refractivity contribution is 6.05. The lowest BCUT2D eigenvalue weighted by Gasteiger charge is -2.23. The zero-order valence-electron chi connectivity index (χ0n) is 10.8. The molecule has 1 heterocycles. The zero-order valence-corrected chi connectivity index (χ0v) is 10.8. The van der Waals surface area contributed by atoms with Gasteiger partial charge in [0, 0.05) is 25.1 Å². The van der Waals surface area contributed by atoms with Crippen molar-refractivity contribution in [2.24, 2.45) is 19.5 Å². The molecule has 5 heteroatoms. The van der Waals surface area contributed by atoms with E-state index in [9.17, 15) is 9.59 Å². The predicted octanol–water partition coefficient (Wildman–Crippen LogP) is 0.595. The van der Waals surface area contributed by atoms with Gasteiger partial charge in [0.05, 0.1) is 11.4 Å². The van der Waals surface area contributed by atoms with Gasteiger partial charge in [0.15, 0.2) is 0 Å². The van der Waals surface area contributed by atoms with E-state index in [0.29, 0.717) is 17.0 Å². The van der Waals surface area contributed by atoms with Crippen LogP contribution in [0.4, 0.5) is 0 Å². The van der Waals surface area contributed by atoms with Gasteiger partial charge in [-0.15, -0.1) is 0 Å². The fraction of sp³-hybridized carbons (Fsp3) is 0.583. The molecule has 1 aromatic rings. The van der Waals surface area contributed by atoms with Crippen LogP contribution in [0.5, 0.6) is 0 Å². The first-order valence-corrected chi connectivity index (χ1v) is 5.60. The molecule has 92 valence electrons. The Morgan fingerprint density at radius 2 is 1.71 bits per heavy atom. The molecular formula is C12H17N3O2. The van der Waals surface area contributed by atoms with Crippen molar-refractivity contribution >= 4 is 5.71 Å². The molecule has 0 spiro atoms. The highest BCUT2D eigenvalue weighted by atomic mass is 16.2. The number of hydrogen-bond acceptors (Lipinski definition) is 3. The van der Waals surface area contributed by atoms with E-state index in [0.717, 1.165) is 4.57 Å². The molecule has 0 bridgehead atoms. The molecule has 1 aromatic heterocycles.